The van der Waals surface area contributed by atoms with E-state index in [4.69, 9.17) is 0 Å². The zero-order chi connectivity index (χ0) is 23.7. The molecule has 0 radical (unpaired) electrons. The van der Waals surface area contributed by atoms with E-state index < -0.39 is 8.07 Å². The van der Waals surface area contributed by atoms with E-state index in [-0.39, 0.29) is 10.8 Å². The predicted octanol–water partition coefficient (Wildman–Crippen LogP) is 7.51. The molecule has 0 aromatic heterocycles. The molecule has 1 aliphatic heterocycles. The molecule has 2 aromatic carbocycles. The van der Waals surface area contributed by atoms with Crippen molar-refractivity contribution in [3.05, 3.63) is 57.6 Å². The fraction of sp³-hybridized carbons (Fsp3) is 0.600. The molecule has 0 nitrogen and oxygen atoms in total. The Morgan fingerprint density at radius 3 is 1.06 bits per heavy atom. The van der Waals surface area contributed by atoms with E-state index in [9.17, 15) is 0 Å². The van der Waals surface area contributed by atoms with E-state index in [0.717, 1.165) is 5.54 Å². The van der Waals surface area contributed by atoms with Gasteiger partial charge in [-0.3, -0.25) is 0 Å². The molecule has 1 fully saturated rings. The van der Waals surface area contributed by atoms with Gasteiger partial charge in [0.25, 0.3) is 0 Å². The molecular formula is C30H46Si. The minimum atomic E-state index is -1.81. The first-order chi connectivity index (χ1) is 13.9. The second kappa shape index (κ2) is 7.34. The molecule has 0 N–H and O–H groups in total. The van der Waals surface area contributed by atoms with Crippen molar-refractivity contribution in [2.45, 2.75) is 112 Å². The largest absolute Gasteiger partial charge is 0.122 e. The average Bonchev–Trinajstić information content (AvgIpc) is 3.28. The van der Waals surface area contributed by atoms with Gasteiger partial charge in [-0.1, -0.05) is 109 Å². The van der Waals surface area contributed by atoms with Crippen LogP contribution in [0.15, 0.2) is 24.3 Å². The van der Waals surface area contributed by atoms with Crippen LogP contribution >= 0.6 is 0 Å². The van der Waals surface area contributed by atoms with Crippen LogP contribution in [0.3, 0.4) is 0 Å². The highest BCUT2D eigenvalue weighted by Crippen LogP contribution is 2.59. The van der Waals surface area contributed by atoms with E-state index in [0.29, 0.717) is 5.41 Å². The van der Waals surface area contributed by atoms with E-state index >= 15 is 0 Å². The molecule has 1 saturated heterocycles. The molecule has 1 aliphatic rings. The minimum absolute atomic E-state index is 0.190. The lowest BCUT2D eigenvalue weighted by Gasteiger charge is -2.32. The first-order valence-corrected chi connectivity index (χ1v) is 14.4. The summed E-state index contributed by atoms with van der Waals surface area (Å²) in [6, 6.07) is 11.4. The molecular weight excluding hydrogens is 388 g/mol. The highest BCUT2D eigenvalue weighted by Gasteiger charge is 2.64. The first-order valence-electron chi connectivity index (χ1n) is 12.1. The Balaban J connectivity index is 2.31. The molecule has 3 rings (SSSR count). The summed E-state index contributed by atoms with van der Waals surface area (Å²) in [7, 11) is -1.81. The summed E-state index contributed by atoms with van der Waals surface area (Å²) in [4.78, 5) is 0. The van der Waals surface area contributed by atoms with Crippen molar-refractivity contribution < 1.29 is 0 Å². The molecule has 0 spiro atoms. The summed E-state index contributed by atoms with van der Waals surface area (Å²) in [6.45, 7) is 31.0. The van der Waals surface area contributed by atoms with Gasteiger partial charge in [0, 0.05) is 0 Å². The van der Waals surface area contributed by atoms with E-state index in [1.807, 2.05) is 0 Å². The summed E-state index contributed by atoms with van der Waals surface area (Å²) < 4.78 is 0. The topological polar surface area (TPSA) is 0 Å². The van der Waals surface area contributed by atoms with Gasteiger partial charge in [0.1, 0.15) is 8.07 Å². The molecule has 31 heavy (non-hydrogen) atoms. The van der Waals surface area contributed by atoms with Crippen LogP contribution in [0, 0.1) is 33.1 Å². The third-order valence-corrected chi connectivity index (χ3v) is 13.8. The summed E-state index contributed by atoms with van der Waals surface area (Å²) in [5.74, 6) is 0. The normalized spacial score (nSPS) is 18.9. The average molecular weight is 435 g/mol. The molecule has 0 bridgehead atoms. The second-order valence-electron chi connectivity index (χ2n) is 13.6. The van der Waals surface area contributed by atoms with Crippen LogP contribution < -0.4 is 10.4 Å². The predicted molar refractivity (Wildman–Crippen MR) is 142 cm³/mol. The number of hydrogen-bond acceptors (Lipinski definition) is 0. The highest BCUT2D eigenvalue weighted by molar-refractivity contribution is 7.12. The summed E-state index contributed by atoms with van der Waals surface area (Å²) in [5.41, 5.74) is 10.6. The third-order valence-electron chi connectivity index (χ3n) is 7.70. The zero-order valence-corrected chi connectivity index (χ0v) is 23.6. The van der Waals surface area contributed by atoms with Gasteiger partial charge in [0.15, 0.2) is 0 Å². The van der Waals surface area contributed by atoms with Gasteiger partial charge >= 0.3 is 0 Å². The first kappa shape index (κ1) is 24.3. The number of rotatable bonds is 2. The number of hydrogen-bond donors (Lipinski definition) is 0. The van der Waals surface area contributed by atoms with Crippen molar-refractivity contribution in [3.63, 3.8) is 0 Å². The van der Waals surface area contributed by atoms with Gasteiger partial charge in [-0.15, -0.1) is 0 Å². The molecule has 1 heterocycles. The molecule has 0 aliphatic carbocycles. The van der Waals surface area contributed by atoms with Crippen LogP contribution in [-0.4, -0.2) is 8.07 Å². The fourth-order valence-electron chi connectivity index (χ4n) is 6.19. The zero-order valence-electron chi connectivity index (χ0n) is 22.6. The van der Waals surface area contributed by atoms with Crippen molar-refractivity contribution in [1.29, 1.82) is 0 Å². The smallest absolute Gasteiger partial charge is 0.0602 e. The number of benzene rings is 2. The number of aryl methyl sites for hydroxylation is 4. The Morgan fingerprint density at radius 2 is 0.871 bits per heavy atom. The van der Waals surface area contributed by atoms with Crippen molar-refractivity contribution >= 4 is 18.4 Å². The Kier molecular flexibility index (Phi) is 5.75. The Morgan fingerprint density at radius 1 is 0.581 bits per heavy atom. The Bertz CT molecular complexity index is 887. The summed E-state index contributed by atoms with van der Waals surface area (Å²) in [5, 5.41) is 3.46. The maximum atomic E-state index is 2.50. The Labute approximate surface area is 193 Å². The third kappa shape index (κ3) is 4.20. The SMILES string of the molecule is Cc1cc(C(C)(C)C)cc(C)c1[Si]1(c2c(C)cc(C(C)(C)C)cc2C)CC1C(C)(C)C. The van der Waals surface area contributed by atoms with E-state index in [1.165, 1.54) is 39.4 Å². The van der Waals surface area contributed by atoms with Crippen molar-refractivity contribution in [2.24, 2.45) is 5.41 Å². The quantitative estimate of drug-likeness (QED) is 0.429. The van der Waals surface area contributed by atoms with Gasteiger partial charge in [-0.2, -0.15) is 0 Å². The monoisotopic (exact) mass is 434 g/mol. The van der Waals surface area contributed by atoms with Gasteiger partial charge in [-0.05, 0) is 77.0 Å². The van der Waals surface area contributed by atoms with Crippen LogP contribution in [0.25, 0.3) is 0 Å². The Hall–Kier alpha value is -1.34. The van der Waals surface area contributed by atoms with Crippen molar-refractivity contribution in [2.75, 3.05) is 0 Å². The molecule has 0 amide bonds. The standard InChI is InChI=1S/C30H46Si/c1-19-14-23(28(5,6)7)15-20(2)26(19)31(18-25(31)30(11,12)13)27-21(3)16-24(17-22(27)4)29(8,9)10/h14-17,25H,18H2,1-13H3. The van der Waals surface area contributed by atoms with Crippen LogP contribution in [-0.2, 0) is 10.8 Å². The van der Waals surface area contributed by atoms with Gasteiger partial charge in [0.2, 0.25) is 0 Å². The van der Waals surface area contributed by atoms with Crippen molar-refractivity contribution in [3.8, 4) is 0 Å². The molecule has 1 atom stereocenters. The van der Waals surface area contributed by atoms with Crippen LogP contribution in [0.1, 0.15) is 95.7 Å². The molecule has 1 unspecified atom stereocenters. The van der Waals surface area contributed by atoms with Crippen molar-refractivity contribution in [1.82, 2.24) is 0 Å². The fourth-order valence-corrected chi connectivity index (χ4v) is 13.9. The molecule has 0 saturated carbocycles. The summed E-state index contributed by atoms with van der Waals surface area (Å²) in [6.07, 6.45) is 0. The lowest BCUT2D eigenvalue weighted by molar-refractivity contribution is 0.423. The molecule has 1 heteroatoms. The van der Waals surface area contributed by atoms with Gasteiger partial charge < -0.3 is 0 Å². The maximum Gasteiger partial charge on any atom is 0.122 e. The molecule has 2 aromatic rings. The summed E-state index contributed by atoms with van der Waals surface area (Å²) >= 11 is 0. The van der Waals surface area contributed by atoms with Crippen LogP contribution in [0.4, 0.5) is 0 Å². The van der Waals surface area contributed by atoms with Gasteiger partial charge in [0.05, 0.1) is 0 Å². The van der Waals surface area contributed by atoms with E-state index in [1.54, 1.807) is 10.4 Å². The molecule has 170 valence electrons. The second-order valence-corrected chi connectivity index (χ2v) is 17.6. The lowest BCUT2D eigenvalue weighted by Crippen LogP contribution is -2.53. The minimum Gasteiger partial charge on any atom is -0.0602 e. The lowest BCUT2D eigenvalue weighted by atomic mass is 9.85. The van der Waals surface area contributed by atoms with E-state index in [2.05, 4.69) is 114 Å². The maximum absolute atomic E-state index is 2.50. The van der Waals surface area contributed by atoms with Crippen LogP contribution in [0.5, 0.6) is 0 Å². The van der Waals surface area contributed by atoms with Crippen LogP contribution in [0.2, 0.25) is 11.6 Å². The van der Waals surface area contributed by atoms with Gasteiger partial charge in [-0.25, -0.2) is 0 Å². The highest BCUT2D eigenvalue weighted by atomic mass is 28.3.